The van der Waals surface area contributed by atoms with Crippen LogP contribution in [0.3, 0.4) is 0 Å². The molecular formula is C29H34FN3O4. The van der Waals surface area contributed by atoms with E-state index in [1.165, 1.54) is 12.1 Å². The number of carbonyl (C=O) groups is 2. The standard InChI is InChI=1S/C29H34FN3O4/c1-3-36-29(35)33-25-8-5-9-26-27(18(2)37-28(26)34)20(15-23(31)16-25)10-12-24-13-11-21(17-32-24)19-6-4-7-22(30)14-19/h4,6-7,10-14,17-18,20,25-27,31H,3,5,8-9,15-16H2,1-2H3,(H,33,35)/b12-10+,31-23?/t18-,20+,25+,26-,27+/m1/s1. The van der Waals surface area contributed by atoms with E-state index in [2.05, 4.69) is 10.3 Å². The minimum absolute atomic E-state index is 0.0368. The summed E-state index contributed by atoms with van der Waals surface area (Å²) in [5.41, 5.74) is 2.83. The van der Waals surface area contributed by atoms with Crippen LogP contribution in [0.15, 0.2) is 48.7 Å². The number of carbonyl (C=O) groups excluding carboxylic acids is 2. The van der Waals surface area contributed by atoms with E-state index >= 15 is 0 Å². The van der Waals surface area contributed by atoms with Crippen molar-refractivity contribution >= 4 is 23.9 Å². The van der Waals surface area contributed by atoms with Crippen molar-refractivity contribution in [2.24, 2.45) is 17.8 Å². The van der Waals surface area contributed by atoms with Crippen molar-refractivity contribution in [3.8, 4) is 11.1 Å². The molecule has 0 bridgehead atoms. The third-order valence-corrected chi connectivity index (χ3v) is 7.20. The van der Waals surface area contributed by atoms with Crippen molar-refractivity contribution in [1.82, 2.24) is 10.3 Å². The molecule has 1 aromatic heterocycles. The summed E-state index contributed by atoms with van der Waals surface area (Å²) in [5, 5.41) is 11.6. The van der Waals surface area contributed by atoms with Crippen LogP contribution in [0.1, 0.15) is 51.6 Å². The summed E-state index contributed by atoms with van der Waals surface area (Å²) in [5.74, 6) is -0.857. The summed E-state index contributed by atoms with van der Waals surface area (Å²) in [6.45, 7) is 3.96. The Morgan fingerprint density at radius 1 is 1.24 bits per heavy atom. The predicted octanol–water partition coefficient (Wildman–Crippen LogP) is 5.79. The highest BCUT2D eigenvalue weighted by molar-refractivity contribution is 5.83. The van der Waals surface area contributed by atoms with Gasteiger partial charge in [-0.2, -0.15) is 0 Å². The van der Waals surface area contributed by atoms with Gasteiger partial charge in [-0.3, -0.25) is 9.78 Å². The fraction of sp³-hybridized carbons (Fsp3) is 0.448. The van der Waals surface area contributed by atoms with E-state index in [9.17, 15) is 14.0 Å². The van der Waals surface area contributed by atoms with Crippen LogP contribution in [0.5, 0.6) is 0 Å². The highest BCUT2D eigenvalue weighted by Crippen LogP contribution is 2.40. The molecule has 1 aliphatic carbocycles. The van der Waals surface area contributed by atoms with Crippen LogP contribution in [-0.4, -0.2) is 41.5 Å². The second kappa shape index (κ2) is 12.1. The van der Waals surface area contributed by atoms with Crippen molar-refractivity contribution in [2.75, 3.05) is 6.61 Å². The molecule has 196 valence electrons. The molecular weight excluding hydrogens is 473 g/mol. The molecule has 37 heavy (non-hydrogen) atoms. The van der Waals surface area contributed by atoms with E-state index in [4.69, 9.17) is 14.9 Å². The van der Waals surface area contributed by atoms with Gasteiger partial charge in [-0.1, -0.05) is 30.7 Å². The lowest BCUT2D eigenvalue weighted by atomic mass is 9.74. The van der Waals surface area contributed by atoms with Gasteiger partial charge < -0.3 is 20.2 Å². The lowest BCUT2D eigenvalue weighted by Gasteiger charge is -2.29. The molecule has 1 amide bonds. The predicted molar refractivity (Wildman–Crippen MR) is 139 cm³/mol. The fourth-order valence-electron chi connectivity index (χ4n) is 5.50. The first kappa shape index (κ1) is 26.5. The highest BCUT2D eigenvalue weighted by Gasteiger charge is 2.45. The monoisotopic (exact) mass is 507 g/mol. The van der Waals surface area contributed by atoms with Crippen LogP contribution in [0, 0.1) is 29.0 Å². The van der Waals surface area contributed by atoms with E-state index in [-0.39, 0.29) is 48.3 Å². The van der Waals surface area contributed by atoms with Crippen molar-refractivity contribution in [3.05, 3.63) is 60.2 Å². The Labute approximate surface area is 217 Å². The lowest BCUT2D eigenvalue weighted by molar-refractivity contribution is -0.143. The van der Waals surface area contributed by atoms with Crippen LogP contribution in [0.4, 0.5) is 9.18 Å². The molecule has 2 N–H and O–H groups in total. The molecule has 1 saturated heterocycles. The molecule has 1 saturated carbocycles. The Morgan fingerprint density at radius 3 is 2.81 bits per heavy atom. The number of aromatic nitrogens is 1. The average Bonchev–Trinajstić information content (AvgIpc) is 3.14. The SMILES string of the molecule is CCOC(=O)N[C@H]1CCC[C@H]2C(=O)O[C@H](C)[C@H]2[C@@H](/C=C/c2ccc(-c3cccc(F)c3)cn2)CC(=N)C1. The van der Waals surface area contributed by atoms with Gasteiger partial charge in [0.05, 0.1) is 18.2 Å². The van der Waals surface area contributed by atoms with E-state index in [0.717, 1.165) is 23.2 Å². The van der Waals surface area contributed by atoms with E-state index < -0.39 is 6.09 Å². The number of nitrogens with one attached hydrogen (secondary N) is 2. The average molecular weight is 508 g/mol. The largest absolute Gasteiger partial charge is 0.462 e. The number of pyridine rings is 1. The fourth-order valence-corrected chi connectivity index (χ4v) is 5.50. The highest BCUT2D eigenvalue weighted by atomic mass is 19.1. The Balaban J connectivity index is 1.53. The van der Waals surface area contributed by atoms with Gasteiger partial charge in [0.1, 0.15) is 11.9 Å². The Bertz CT molecular complexity index is 1150. The first-order valence-electron chi connectivity index (χ1n) is 12.9. The summed E-state index contributed by atoms with van der Waals surface area (Å²) in [7, 11) is 0. The van der Waals surface area contributed by atoms with Crippen LogP contribution in [0.2, 0.25) is 0 Å². The Morgan fingerprint density at radius 2 is 2.08 bits per heavy atom. The zero-order valence-electron chi connectivity index (χ0n) is 21.3. The first-order valence-corrected chi connectivity index (χ1v) is 12.9. The van der Waals surface area contributed by atoms with Gasteiger partial charge >= 0.3 is 12.1 Å². The van der Waals surface area contributed by atoms with Crippen LogP contribution >= 0.6 is 0 Å². The van der Waals surface area contributed by atoms with Crippen molar-refractivity contribution < 1.29 is 23.5 Å². The molecule has 7 nitrogen and oxygen atoms in total. The smallest absolute Gasteiger partial charge is 0.407 e. The summed E-state index contributed by atoms with van der Waals surface area (Å²) in [4.78, 5) is 29.2. The maximum Gasteiger partial charge on any atom is 0.407 e. The molecule has 2 heterocycles. The zero-order valence-corrected chi connectivity index (χ0v) is 21.3. The third kappa shape index (κ3) is 6.81. The van der Waals surface area contributed by atoms with Crippen molar-refractivity contribution in [2.45, 2.75) is 58.1 Å². The maximum atomic E-state index is 13.6. The first-order chi connectivity index (χ1) is 17.8. The summed E-state index contributed by atoms with van der Waals surface area (Å²) in [6, 6.07) is 9.95. The number of rotatable bonds is 5. The van der Waals surface area contributed by atoms with Crippen LogP contribution in [-0.2, 0) is 14.3 Å². The van der Waals surface area contributed by atoms with Crippen LogP contribution < -0.4 is 5.32 Å². The number of allylic oxidation sites excluding steroid dienone is 1. The van der Waals surface area contributed by atoms with Gasteiger partial charge in [0.15, 0.2) is 0 Å². The van der Waals surface area contributed by atoms with E-state index in [0.29, 0.717) is 31.4 Å². The number of alkyl carbamates (subject to hydrolysis) is 1. The molecule has 8 heteroatoms. The number of nitrogens with zero attached hydrogens (tertiary/aromatic N) is 1. The molecule has 4 rings (SSSR count). The molecule has 2 fully saturated rings. The van der Waals surface area contributed by atoms with Crippen LogP contribution in [0.25, 0.3) is 17.2 Å². The second-order valence-electron chi connectivity index (χ2n) is 9.84. The second-order valence-corrected chi connectivity index (χ2v) is 9.84. The molecule has 2 aliphatic rings. The number of hydrogen-bond donors (Lipinski definition) is 2. The lowest BCUT2D eigenvalue weighted by Crippen LogP contribution is -2.38. The number of halogens is 1. The zero-order chi connectivity index (χ0) is 26.4. The number of esters is 1. The van der Waals surface area contributed by atoms with E-state index in [1.807, 2.05) is 37.3 Å². The molecule has 1 aromatic carbocycles. The molecule has 0 radical (unpaired) electrons. The quantitative estimate of drug-likeness (QED) is 0.499. The van der Waals surface area contributed by atoms with Gasteiger partial charge in [0, 0.05) is 35.9 Å². The van der Waals surface area contributed by atoms with Gasteiger partial charge in [0.2, 0.25) is 0 Å². The minimum Gasteiger partial charge on any atom is -0.462 e. The number of hydrogen-bond acceptors (Lipinski definition) is 6. The summed E-state index contributed by atoms with van der Waals surface area (Å²) in [6.07, 6.45) is 7.93. The van der Waals surface area contributed by atoms with Crippen molar-refractivity contribution in [3.63, 3.8) is 0 Å². The molecule has 1 aliphatic heterocycles. The Kier molecular flexibility index (Phi) is 8.69. The topological polar surface area (TPSA) is 101 Å². The normalized spacial score (nSPS) is 26.4. The molecule has 0 spiro atoms. The summed E-state index contributed by atoms with van der Waals surface area (Å²) < 4.78 is 24.2. The number of ether oxygens (including phenoxy) is 2. The number of fused-ring (bicyclic) bond motifs is 1. The van der Waals surface area contributed by atoms with Gasteiger partial charge in [-0.05, 0) is 68.9 Å². The molecule has 0 unspecified atom stereocenters. The third-order valence-electron chi connectivity index (χ3n) is 7.20. The van der Waals surface area contributed by atoms with Gasteiger partial charge in [-0.15, -0.1) is 0 Å². The number of amides is 1. The van der Waals surface area contributed by atoms with Gasteiger partial charge in [-0.25, -0.2) is 9.18 Å². The molecule has 2 aromatic rings. The molecule has 5 atom stereocenters. The van der Waals surface area contributed by atoms with Gasteiger partial charge in [0.25, 0.3) is 0 Å². The maximum absolute atomic E-state index is 13.6. The van der Waals surface area contributed by atoms with Crippen molar-refractivity contribution in [1.29, 1.82) is 5.41 Å². The number of benzene rings is 1. The summed E-state index contributed by atoms with van der Waals surface area (Å²) >= 11 is 0. The minimum atomic E-state index is -0.478. The number of cyclic esters (lactones) is 1. The van der Waals surface area contributed by atoms with E-state index in [1.54, 1.807) is 19.2 Å². The Hall–Kier alpha value is -3.55.